The van der Waals surface area contributed by atoms with Crippen molar-refractivity contribution < 1.29 is 18.3 Å². The van der Waals surface area contributed by atoms with Crippen LogP contribution < -0.4 is 10.1 Å². The van der Waals surface area contributed by atoms with Crippen molar-refractivity contribution in [3.05, 3.63) is 11.3 Å². The van der Waals surface area contributed by atoms with Gasteiger partial charge in [0, 0.05) is 18.9 Å². The number of halogens is 3. The number of hydrogen-bond donors (Lipinski definition) is 1. The van der Waals surface area contributed by atoms with Crippen LogP contribution in [0.1, 0.15) is 25.7 Å². The van der Waals surface area contributed by atoms with Crippen molar-refractivity contribution >= 4 is 17.6 Å². The lowest BCUT2D eigenvalue weighted by molar-refractivity contribution is -0.0389. The highest BCUT2D eigenvalue weighted by molar-refractivity contribution is 6.29. The topological polar surface area (TPSA) is 56.2 Å². The molecule has 1 N–H and O–H groups in total. The maximum absolute atomic E-state index is 13.4. The van der Waals surface area contributed by atoms with Crippen molar-refractivity contribution in [2.24, 2.45) is 5.92 Å². The van der Waals surface area contributed by atoms with E-state index in [1.807, 2.05) is 0 Å². The summed E-state index contributed by atoms with van der Waals surface area (Å²) in [6, 6.07) is -0.443. The quantitative estimate of drug-likeness (QED) is 0.930. The number of nitrogens with one attached hydrogen (secondary N) is 1. The number of carbonyl (C=O) groups is 1. The molecule has 2 rings (SSSR count). The summed E-state index contributed by atoms with van der Waals surface area (Å²) in [5.74, 6) is -3.27. The van der Waals surface area contributed by atoms with E-state index >= 15 is 0 Å². The summed E-state index contributed by atoms with van der Waals surface area (Å²) in [7, 11) is 1.36. The minimum atomic E-state index is -2.61. The maximum Gasteiger partial charge on any atom is 0.329 e. The van der Waals surface area contributed by atoms with Gasteiger partial charge in [0.05, 0.1) is 13.3 Å². The van der Waals surface area contributed by atoms with E-state index in [0.29, 0.717) is 12.8 Å². The molecule has 1 aliphatic rings. The lowest BCUT2D eigenvalue weighted by Gasteiger charge is -2.18. The van der Waals surface area contributed by atoms with Crippen molar-refractivity contribution in [1.82, 2.24) is 14.9 Å². The van der Waals surface area contributed by atoms with E-state index in [-0.39, 0.29) is 30.5 Å². The molecule has 0 aromatic carbocycles. The van der Waals surface area contributed by atoms with E-state index in [0.717, 1.165) is 4.57 Å². The van der Waals surface area contributed by atoms with Crippen LogP contribution in [0.3, 0.4) is 0 Å². The molecular formula is C12H16ClF2N3O2. The van der Waals surface area contributed by atoms with E-state index in [2.05, 4.69) is 10.3 Å². The predicted molar refractivity (Wildman–Crippen MR) is 69.5 cm³/mol. The minimum absolute atomic E-state index is 0.0543. The van der Waals surface area contributed by atoms with E-state index in [1.54, 1.807) is 0 Å². The van der Waals surface area contributed by atoms with Crippen LogP contribution in [0.4, 0.5) is 13.6 Å². The van der Waals surface area contributed by atoms with Crippen molar-refractivity contribution in [3.8, 4) is 6.01 Å². The monoisotopic (exact) mass is 307 g/mol. The fourth-order valence-electron chi connectivity index (χ4n) is 2.42. The van der Waals surface area contributed by atoms with Gasteiger partial charge in [-0.2, -0.15) is 4.98 Å². The molecule has 0 spiro atoms. The Morgan fingerprint density at radius 1 is 1.70 bits per heavy atom. The summed E-state index contributed by atoms with van der Waals surface area (Å²) in [5, 5.41) is 2.69. The molecule has 0 saturated heterocycles. The number of hydrogen-bond acceptors (Lipinski definition) is 3. The van der Waals surface area contributed by atoms with Gasteiger partial charge in [-0.25, -0.2) is 18.1 Å². The number of aromatic nitrogens is 2. The number of imidazole rings is 1. The molecule has 1 amide bonds. The molecular weight excluding hydrogens is 292 g/mol. The molecule has 1 aromatic heterocycles. The first kappa shape index (κ1) is 15.0. The Balaban J connectivity index is 1.86. The number of alkyl halides is 2. The lowest BCUT2D eigenvalue weighted by Crippen LogP contribution is -2.32. The Hall–Kier alpha value is -1.37. The van der Waals surface area contributed by atoms with Crippen molar-refractivity contribution in [3.63, 3.8) is 0 Å². The van der Waals surface area contributed by atoms with Crippen molar-refractivity contribution in [2.45, 2.75) is 31.6 Å². The van der Waals surface area contributed by atoms with Crippen molar-refractivity contribution in [2.75, 3.05) is 13.7 Å². The highest BCUT2D eigenvalue weighted by atomic mass is 35.5. The number of nitrogens with zero attached hydrogens (tertiary/aromatic N) is 2. The summed E-state index contributed by atoms with van der Waals surface area (Å²) in [5.41, 5.74) is 0. The third-order valence-corrected chi connectivity index (χ3v) is 3.66. The highest BCUT2D eigenvalue weighted by Gasteiger charge is 2.43. The molecule has 1 heterocycles. The molecule has 20 heavy (non-hydrogen) atoms. The van der Waals surface area contributed by atoms with Gasteiger partial charge in [-0.1, -0.05) is 11.6 Å². The second-order valence-corrected chi connectivity index (χ2v) is 5.18. The van der Waals surface area contributed by atoms with Crippen LogP contribution in [-0.2, 0) is 0 Å². The Bertz CT molecular complexity index is 493. The normalized spacial score (nSPS) is 20.9. The Morgan fingerprint density at radius 2 is 2.45 bits per heavy atom. The third-order valence-electron chi connectivity index (χ3n) is 3.47. The molecule has 1 saturated carbocycles. The Labute approximate surface area is 120 Å². The summed E-state index contributed by atoms with van der Waals surface area (Å²) in [6.07, 6.45) is 2.54. The molecule has 1 fully saturated rings. The number of rotatable bonds is 4. The second kappa shape index (κ2) is 5.95. The largest absolute Gasteiger partial charge is 0.468 e. The van der Waals surface area contributed by atoms with Crippen LogP contribution in [0, 0.1) is 5.92 Å². The summed E-state index contributed by atoms with van der Waals surface area (Å²) >= 11 is 5.67. The fraction of sp³-hybridized carbons (Fsp3) is 0.667. The van der Waals surface area contributed by atoms with Crippen LogP contribution in [-0.4, -0.2) is 35.2 Å². The Morgan fingerprint density at radius 3 is 3.05 bits per heavy atom. The standard InChI is InChI=1S/C12H16ClF2N3O2/c1-20-11-17-9(13)7-18(11)10(19)16-6-4-8-3-2-5-12(8,14)15/h7-8H,2-6H2,1H3,(H,16,19). The first-order valence-electron chi connectivity index (χ1n) is 6.39. The molecule has 1 atom stereocenters. The van der Waals surface area contributed by atoms with Gasteiger partial charge < -0.3 is 10.1 Å². The molecule has 1 aromatic rings. The molecule has 0 bridgehead atoms. The number of ether oxygens (including phenoxy) is 1. The smallest absolute Gasteiger partial charge is 0.329 e. The maximum atomic E-state index is 13.4. The molecule has 112 valence electrons. The van der Waals surface area contributed by atoms with Gasteiger partial charge in [0.15, 0.2) is 5.15 Å². The molecule has 5 nitrogen and oxygen atoms in total. The molecule has 1 unspecified atom stereocenters. The zero-order valence-corrected chi connectivity index (χ0v) is 11.8. The average Bonchev–Trinajstić information content (AvgIpc) is 2.92. The number of amides is 1. The van der Waals surface area contributed by atoms with Gasteiger partial charge in [0.25, 0.3) is 5.92 Å². The van der Waals surface area contributed by atoms with Gasteiger partial charge in [0.2, 0.25) is 0 Å². The van der Waals surface area contributed by atoms with Crippen LogP contribution in [0.15, 0.2) is 6.20 Å². The molecule has 1 aliphatic carbocycles. The van der Waals surface area contributed by atoms with Crippen LogP contribution in [0.5, 0.6) is 6.01 Å². The second-order valence-electron chi connectivity index (χ2n) is 4.79. The average molecular weight is 308 g/mol. The minimum Gasteiger partial charge on any atom is -0.468 e. The third kappa shape index (κ3) is 3.20. The van der Waals surface area contributed by atoms with E-state index < -0.39 is 17.9 Å². The van der Waals surface area contributed by atoms with Crippen LogP contribution in [0.25, 0.3) is 0 Å². The predicted octanol–water partition coefficient (Wildman–Crippen LogP) is 2.93. The lowest BCUT2D eigenvalue weighted by atomic mass is 10.0. The first-order valence-corrected chi connectivity index (χ1v) is 6.76. The van der Waals surface area contributed by atoms with E-state index in [1.165, 1.54) is 13.3 Å². The van der Waals surface area contributed by atoms with Gasteiger partial charge in [0.1, 0.15) is 0 Å². The fourth-order valence-corrected chi connectivity index (χ4v) is 2.59. The highest BCUT2D eigenvalue weighted by Crippen LogP contribution is 2.41. The van der Waals surface area contributed by atoms with Gasteiger partial charge in [-0.05, 0) is 19.3 Å². The summed E-state index contributed by atoms with van der Waals surface area (Å²) in [6.45, 7) is 0.179. The number of methoxy groups -OCH3 is 1. The zero-order valence-electron chi connectivity index (χ0n) is 11.0. The summed E-state index contributed by atoms with van der Waals surface area (Å²) < 4.78 is 32.8. The van der Waals surface area contributed by atoms with Gasteiger partial charge >= 0.3 is 12.0 Å². The van der Waals surface area contributed by atoms with Gasteiger partial charge in [-0.15, -0.1) is 0 Å². The molecule has 0 radical (unpaired) electrons. The SMILES string of the molecule is COc1nc(Cl)cn1C(=O)NCCC1CCCC1(F)F. The van der Waals surface area contributed by atoms with Crippen LogP contribution >= 0.6 is 11.6 Å². The first-order chi connectivity index (χ1) is 9.44. The van der Waals surface area contributed by atoms with E-state index in [4.69, 9.17) is 16.3 Å². The van der Waals surface area contributed by atoms with Gasteiger partial charge in [-0.3, -0.25) is 0 Å². The zero-order chi connectivity index (χ0) is 14.8. The molecule has 0 aliphatic heterocycles. The van der Waals surface area contributed by atoms with E-state index in [9.17, 15) is 13.6 Å². The molecule has 8 heteroatoms. The summed E-state index contributed by atoms with van der Waals surface area (Å²) in [4.78, 5) is 15.6. The number of carbonyl (C=O) groups excluding carboxylic acids is 1. The Kier molecular flexibility index (Phi) is 4.47. The van der Waals surface area contributed by atoms with Crippen molar-refractivity contribution in [1.29, 1.82) is 0 Å². The van der Waals surface area contributed by atoms with Crippen LogP contribution in [0.2, 0.25) is 5.15 Å².